The maximum Gasteiger partial charge on any atom is 0.227 e. The fourth-order valence-electron chi connectivity index (χ4n) is 5.45. The van der Waals surface area contributed by atoms with Gasteiger partial charge in [0.05, 0.1) is 16.5 Å². The normalized spacial score (nSPS) is 18.2. The number of aromatic amines is 1. The summed E-state index contributed by atoms with van der Waals surface area (Å²) in [5.41, 5.74) is 5.43. The zero-order valence-electron chi connectivity index (χ0n) is 19.7. The van der Waals surface area contributed by atoms with E-state index in [0.717, 1.165) is 38.0 Å². The van der Waals surface area contributed by atoms with Crippen molar-refractivity contribution in [1.82, 2.24) is 15.0 Å². The van der Waals surface area contributed by atoms with Gasteiger partial charge in [0, 0.05) is 47.5 Å². The van der Waals surface area contributed by atoms with Gasteiger partial charge in [-0.25, -0.2) is 9.37 Å². The second-order valence-corrected chi connectivity index (χ2v) is 10.8. The van der Waals surface area contributed by atoms with Gasteiger partial charge >= 0.3 is 0 Å². The smallest absolute Gasteiger partial charge is 0.227 e. The third-order valence-electron chi connectivity index (χ3n) is 7.13. The molecule has 0 bridgehead atoms. The van der Waals surface area contributed by atoms with Crippen molar-refractivity contribution in [3.05, 3.63) is 71.3 Å². The van der Waals surface area contributed by atoms with E-state index in [9.17, 15) is 8.60 Å². The Morgan fingerprint density at radius 3 is 2.77 bits per heavy atom. The zero-order valence-corrected chi connectivity index (χ0v) is 20.5. The van der Waals surface area contributed by atoms with Gasteiger partial charge in [-0.1, -0.05) is 31.2 Å². The molecule has 8 heteroatoms. The molecule has 35 heavy (non-hydrogen) atoms. The van der Waals surface area contributed by atoms with Crippen molar-refractivity contribution in [3.8, 4) is 0 Å². The molecule has 2 N–H and O–H groups in total. The summed E-state index contributed by atoms with van der Waals surface area (Å²) >= 11 is 0. The molecule has 0 saturated carbocycles. The number of nitrogens with zero attached hydrogens (tertiary/aromatic N) is 3. The molecule has 180 valence electrons. The molecule has 2 aliphatic heterocycles. The lowest BCUT2D eigenvalue weighted by atomic mass is 9.87. The van der Waals surface area contributed by atoms with Crippen LogP contribution in [-0.2, 0) is 23.6 Å². The molecule has 4 heterocycles. The van der Waals surface area contributed by atoms with E-state index in [0.29, 0.717) is 40.4 Å². The first kappa shape index (κ1) is 22.2. The Labute approximate surface area is 206 Å². The van der Waals surface area contributed by atoms with Crippen LogP contribution in [0.15, 0.2) is 53.4 Å². The predicted molar refractivity (Wildman–Crippen MR) is 139 cm³/mol. The molecular weight excluding hydrogens is 461 g/mol. The van der Waals surface area contributed by atoms with Crippen molar-refractivity contribution in [2.75, 3.05) is 29.1 Å². The van der Waals surface area contributed by atoms with E-state index in [-0.39, 0.29) is 5.82 Å². The van der Waals surface area contributed by atoms with Gasteiger partial charge in [-0.15, -0.1) is 0 Å². The van der Waals surface area contributed by atoms with Gasteiger partial charge in [-0.2, -0.15) is 4.98 Å². The summed E-state index contributed by atoms with van der Waals surface area (Å²) in [4.78, 5) is 16.1. The average Bonchev–Trinajstić information content (AvgIpc) is 3.44. The van der Waals surface area contributed by atoms with Crippen molar-refractivity contribution in [2.45, 2.75) is 43.4 Å². The first-order valence-corrected chi connectivity index (χ1v) is 13.6. The van der Waals surface area contributed by atoms with Gasteiger partial charge in [-0.05, 0) is 55.0 Å². The Balaban J connectivity index is 1.27. The highest BCUT2D eigenvalue weighted by Crippen LogP contribution is 2.38. The van der Waals surface area contributed by atoms with Crippen LogP contribution in [0.1, 0.15) is 42.6 Å². The topological polar surface area (TPSA) is 73.9 Å². The number of benzene rings is 2. The van der Waals surface area contributed by atoms with Crippen LogP contribution in [0.5, 0.6) is 0 Å². The number of aromatic nitrogens is 3. The molecule has 0 aliphatic carbocycles. The van der Waals surface area contributed by atoms with Gasteiger partial charge in [0.1, 0.15) is 10.7 Å². The number of piperidine rings is 1. The standard InChI is InChI=1S/C27H28FN5OS/c1-2-21-24(20-8-3-4-9-22(20)30-21)17-10-13-33(14-11-17)27-31-23-12-15-35(34)25(23)26(32-27)29-19-7-5-6-18(28)16-19/h3-9,16-17,30H,2,10-15H2,1H3,(H,29,31,32). The number of para-hydroxylation sites is 1. The molecule has 0 radical (unpaired) electrons. The molecule has 0 amide bonds. The number of hydrogen-bond donors (Lipinski definition) is 2. The Hall–Kier alpha value is -3.26. The van der Waals surface area contributed by atoms with Crippen LogP contribution in [0.25, 0.3) is 10.9 Å². The molecule has 2 aliphatic rings. The predicted octanol–water partition coefficient (Wildman–Crippen LogP) is 5.45. The summed E-state index contributed by atoms with van der Waals surface area (Å²) in [6.07, 6.45) is 3.70. The molecule has 6 rings (SSSR count). The number of hydrogen-bond acceptors (Lipinski definition) is 5. The van der Waals surface area contributed by atoms with Gasteiger partial charge in [0.2, 0.25) is 5.95 Å². The van der Waals surface area contributed by atoms with Crippen molar-refractivity contribution >= 4 is 39.2 Å². The quantitative estimate of drug-likeness (QED) is 0.390. The molecule has 2 aromatic heterocycles. The second kappa shape index (κ2) is 9.07. The summed E-state index contributed by atoms with van der Waals surface area (Å²) in [5.74, 6) is 1.90. The van der Waals surface area contributed by atoms with E-state index in [1.54, 1.807) is 12.1 Å². The monoisotopic (exact) mass is 489 g/mol. The summed E-state index contributed by atoms with van der Waals surface area (Å²) in [7, 11) is -1.15. The third kappa shape index (κ3) is 4.10. The highest BCUT2D eigenvalue weighted by atomic mass is 32.2. The Kier molecular flexibility index (Phi) is 5.76. The number of anilines is 3. The largest absolute Gasteiger partial charge is 0.358 e. The molecule has 1 unspecified atom stereocenters. The highest BCUT2D eigenvalue weighted by Gasteiger charge is 2.30. The van der Waals surface area contributed by atoms with Gasteiger partial charge < -0.3 is 15.2 Å². The lowest BCUT2D eigenvalue weighted by Crippen LogP contribution is -2.34. The van der Waals surface area contributed by atoms with Gasteiger partial charge in [0.25, 0.3) is 0 Å². The minimum absolute atomic E-state index is 0.326. The van der Waals surface area contributed by atoms with E-state index < -0.39 is 10.8 Å². The van der Waals surface area contributed by atoms with Crippen LogP contribution in [0.2, 0.25) is 0 Å². The Bertz CT molecular complexity index is 1430. The number of fused-ring (bicyclic) bond motifs is 2. The fraction of sp³-hybridized carbons (Fsp3) is 0.333. The minimum Gasteiger partial charge on any atom is -0.358 e. The SMILES string of the molecule is CCc1[nH]c2ccccc2c1C1CCN(c2nc3c(c(Nc4cccc(F)c4)n2)S(=O)CC3)CC1. The molecule has 1 atom stereocenters. The van der Waals surface area contributed by atoms with E-state index in [1.807, 2.05) is 0 Å². The van der Waals surface area contributed by atoms with Crippen molar-refractivity contribution in [2.24, 2.45) is 0 Å². The molecule has 1 saturated heterocycles. The van der Waals surface area contributed by atoms with Gasteiger partial charge in [-0.3, -0.25) is 4.21 Å². The first-order valence-electron chi connectivity index (χ1n) is 12.3. The summed E-state index contributed by atoms with van der Waals surface area (Å²) in [6, 6.07) is 14.8. The molecule has 4 aromatic rings. The maximum absolute atomic E-state index is 13.8. The summed E-state index contributed by atoms with van der Waals surface area (Å²) < 4.78 is 26.4. The van der Waals surface area contributed by atoms with Crippen LogP contribution < -0.4 is 10.2 Å². The first-order chi connectivity index (χ1) is 17.1. The van der Waals surface area contributed by atoms with Crippen LogP contribution in [-0.4, -0.2) is 38.0 Å². The average molecular weight is 490 g/mol. The lowest BCUT2D eigenvalue weighted by molar-refractivity contribution is 0.498. The third-order valence-corrected chi connectivity index (χ3v) is 8.59. The van der Waals surface area contributed by atoms with Crippen molar-refractivity contribution in [1.29, 1.82) is 0 Å². The second-order valence-electron chi connectivity index (χ2n) is 9.26. The number of aryl methyl sites for hydroxylation is 2. The number of H-pyrrole nitrogens is 1. The van der Waals surface area contributed by atoms with Crippen molar-refractivity contribution < 1.29 is 8.60 Å². The van der Waals surface area contributed by atoms with E-state index in [1.165, 1.54) is 34.3 Å². The molecule has 2 aromatic carbocycles. The highest BCUT2D eigenvalue weighted by molar-refractivity contribution is 7.85. The van der Waals surface area contributed by atoms with E-state index in [4.69, 9.17) is 9.97 Å². The maximum atomic E-state index is 13.8. The number of rotatable bonds is 5. The van der Waals surface area contributed by atoms with Crippen molar-refractivity contribution in [3.63, 3.8) is 0 Å². The van der Waals surface area contributed by atoms with E-state index >= 15 is 0 Å². The minimum atomic E-state index is -1.15. The number of nitrogens with one attached hydrogen (secondary N) is 2. The molecule has 1 fully saturated rings. The summed E-state index contributed by atoms with van der Waals surface area (Å²) in [5, 5.41) is 4.54. The Morgan fingerprint density at radius 2 is 1.97 bits per heavy atom. The summed E-state index contributed by atoms with van der Waals surface area (Å²) in [6.45, 7) is 3.92. The van der Waals surface area contributed by atoms with Gasteiger partial charge in [0.15, 0.2) is 5.82 Å². The van der Waals surface area contributed by atoms with Crippen LogP contribution in [0, 0.1) is 5.82 Å². The number of halogens is 1. The Morgan fingerprint density at radius 1 is 1.14 bits per heavy atom. The molecule has 0 spiro atoms. The molecule has 6 nitrogen and oxygen atoms in total. The fourth-order valence-corrected chi connectivity index (χ4v) is 6.75. The van der Waals surface area contributed by atoms with Crippen LogP contribution in [0.3, 0.4) is 0 Å². The zero-order chi connectivity index (χ0) is 23.9. The van der Waals surface area contributed by atoms with E-state index in [2.05, 4.69) is 46.4 Å². The van der Waals surface area contributed by atoms with Crippen LogP contribution in [0.4, 0.5) is 21.8 Å². The molecular formula is C27H28FN5OS. The van der Waals surface area contributed by atoms with Crippen LogP contribution >= 0.6 is 0 Å². The lowest BCUT2D eigenvalue weighted by Gasteiger charge is -2.33.